The van der Waals surface area contributed by atoms with Crippen molar-refractivity contribution in [2.75, 3.05) is 6.61 Å². The van der Waals surface area contributed by atoms with Crippen LogP contribution in [0, 0.1) is 23.0 Å². The minimum absolute atomic E-state index is 0.103. The van der Waals surface area contributed by atoms with Gasteiger partial charge in [0.05, 0.1) is 10.5 Å². The monoisotopic (exact) mass is 290 g/mol. The maximum atomic E-state index is 12.9. The molecule has 0 aliphatic carbocycles. The summed E-state index contributed by atoms with van der Waals surface area (Å²) in [5.41, 5.74) is 4.34. The molecule has 0 aliphatic heterocycles. The van der Waals surface area contributed by atoms with Crippen LogP contribution in [0.15, 0.2) is 16.6 Å². The third kappa shape index (κ3) is 3.15. The molecule has 0 radical (unpaired) electrons. The van der Waals surface area contributed by atoms with Crippen LogP contribution in [0.1, 0.15) is 6.92 Å². The third-order valence-corrected chi connectivity index (χ3v) is 2.38. The lowest BCUT2D eigenvalue weighted by atomic mass is 10.1. The Bertz CT molecular complexity index is 443. The van der Waals surface area contributed by atoms with E-state index in [2.05, 4.69) is 15.9 Å². The quantitative estimate of drug-likeness (QED) is 0.870. The first-order valence-electron chi connectivity index (χ1n) is 4.33. The molecule has 1 unspecified atom stereocenters. The van der Waals surface area contributed by atoms with Crippen molar-refractivity contribution in [3.63, 3.8) is 0 Å². The van der Waals surface area contributed by atoms with E-state index in [-0.39, 0.29) is 16.8 Å². The highest BCUT2D eigenvalue weighted by Gasteiger charge is 2.19. The van der Waals surface area contributed by atoms with Crippen LogP contribution >= 0.6 is 15.9 Å². The normalized spacial score (nSPS) is 14.0. The van der Waals surface area contributed by atoms with Crippen molar-refractivity contribution in [3.05, 3.63) is 28.2 Å². The van der Waals surface area contributed by atoms with Gasteiger partial charge in [-0.2, -0.15) is 5.26 Å². The van der Waals surface area contributed by atoms with Crippen LogP contribution in [0.4, 0.5) is 8.78 Å². The van der Waals surface area contributed by atoms with Gasteiger partial charge in [-0.3, -0.25) is 0 Å². The summed E-state index contributed by atoms with van der Waals surface area (Å²) < 4.78 is 31.0. The Morgan fingerprint density at radius 2 is 2.06 bits per heavy atom. The number of halogens is 3. The second-order valence-electron chi connectivity index (χ2n) is 3.51. The Morgan fingerprint density at radius 3 is 2.62 bits per heavy atom. The Balaban J connectivity index is 2.84. The molecule has 2 N–H and O–H groups in total. The lowest BCUT2D eigenvalue weighted by Gasteiger charge is -2.17. The molecule has 1 atom stereocenters. The van der Waals surface area contributed by atoms with Crippen LogP contribution < -0.4 is 10.5 Å². The Hall–Kier alpha value is -1.19. The van der Waals surface area contributed by atoms with E-state index in [0.29, 0.717) is 0 Å². The van der Waals surface area contributed by atoms with Gasteiger partial charge in [0.15, 0.2) is 11.6 Å². The van der Waals surface area contributed by atoms with Gasteiger partial charge in [0, 0.05) is 6.07 Å². The molecule has 0 aliphatic rings. The van der Waals surface area contributed by atoms with E-state index in [0.717, 1.165) is 12.1 Å². The summed E-state index contributed by atoms with van der Waals surface area (Å²) in [7, 11) is 0. The SMILES string of the molecule is CC(N)(C#N)COc1cc(F)c(F)cc1Br. The molecule has 1 aromatic carbocycles. The molecule has 0 saturated carbocycles. The number of rotatable bonds is 3. The van der Waals surface area contributed by atoms with Crippen LogP contribution in [0.25, 0.3) is 0 Å². The van der Waals surface area contributed by atoms with E-state index < -0.39 is 17.2 Å². The van der Waals surface area contributed by atoms with E-state index in [1.165, 1.54) is 6.92 Å². The summed E-state index contributed by atoms with van der Waals surface area (Å²) in [6.45, 7) is 1.36. The number of nitriles is 1. The van der Waals surface area contributed by atoms with Gasteiger partial charge in [0.2, 0.25) is 0 Å². The smallest absolute Gasteiger partial charge is 0.162 e. The summed E-state index contributed by atoms with van der Waals surface area (Å²) in [5.74, 6) is -1.89. The summed E-state index contributed by atoms with van der Waals surface area (Å²) in [4.78, 5) is 0. The maximum Gasteiger partial charge on any atom is 0.162 e. The van der Waals surface area contributed by atoms with Gasteiger partial charge in [-0.25, -0.2) is 8.78 Å². The highest BCUT2D eigenvalue weighted by molar-refractivity contribution is 9.10. The average molecular weight is 291 g/mol. The number of benzene rings is 1. The van der Waals surface area contributed by atoms with Gasteiger partial charge in [-0.15, -0.1) is 0 Å². The second kappa shape index (κ2) is 4.76. The summed E-state index contributed by atoms with van der Waals surface area (Å²) >= 11 is 3.02. The van der Waals surface area contributed by atoms with Crippen LogP contribution in [0.3, 0.4) is 0 Å². The Morgan fingerprint density at radius 1 is 1.50 bits per heavy atom. The number of hydrogen-bond donors (Lipinski definition) is 1. The first kappa shape index (κ1) is 12.9. The van der Waals surface area contributed by atoms with Crippen LogP contribution in [0.2, 0.25) is 0 Å². The molecule has 0 aromatic heterocycles. The first-order valence-corrected chi connectivity index (χ1v) is 5.12. The van der Waals surface area contributed by atoms with Gasteiger partial charge in [0.1, 0.15) is 17.9 Å². The molecular formula is C10H9BrF2N2O. The largest absolute Gasteiger partial charge is 0.489 e. The van der Waals surface area contributed by atoms with Gasteiger partial charge in [0.25, 0.3) is 0 Å². The van der Waals surface area contributed by atoms with Crippen molar-refractivity contribution in [2.45, 2.75) is 12.5 Å². The predicted octanol–water partition coefficient (Wildman–Crippen LogP) is 2.35. The number of nitrogens with zero attached hydrogens (tertiary/aromatic N) is 1. The highest BCUT2D eigenvalue weighted by atomic mass is 79.9. The maximum absolute atomic E-state index is 12.9. The first-order chi connectivity index (χ1) is 7.35. The van der Waals surface area contributed by atoms with E-state index in [9.17, 15) is 8.78 Å². The summed E-state index contributed by atoms with van der Waals surface area (Å²) in [6, 6.07) is 3.67. The number of nitrogens with two attached hydrogens (primary N) is 1. The topological polar surface area (TPSA) is 59.0 Å². The Labute approximate surface area is 99.9 Å². The number of ether oxygens (including phenoxy) is 1. The molecule has 0 spiro atoms. The lowest BCUT2D eigenvalue weighted by molar-refractivity contribution is 0.261. The van der Waals surface area contributed by atoms with Crippen LogP contribution in [-0.4, -0.2) is 12.1 Å². The molecule has 0 bridgehead atoms. The fourth-order valence-electron chi connectivity index (χ4n) is 0.875. The molecule has 86 valence electrons. The van der Waals surface area contributed by atoms with Gasteiger partial charge in [-0.05, 0) is 28.9 Å². The predicted molar refractivity (Wildman–Crippen MR) is 57.8 cm³/mol. The molecule has 3 nitrogen and oxygen atoms in total. The van der Waals surface area contributed by atoms with Crippen LogP contribution in [-0.2, 0) is 0 Å². The molecular weight excluding hydrogens is 282 g/mol. The molecule has 16 heavy (non-hydrogen) atoms. The second-order valence-corrected chi connectivity index (χ2v) is 4.37. The zero-order valence-corrected chi connectivity index (χ0v) is 10.0. The molecule has 0 fully saturated rings. The summed E-state index contributed by atoms with van der Waals surface area (Å²) in [5, 5.41) is 8.64. The lowest BCUT2D eigenvalue weighted by Crippen LogP contribution is -2.40. The van der Waals surface area contributed by atoms with E-state index >= 15 is 0 Å². The van der Waals surface area contributed by atoms with Crippen molar-refractivity contribution in [1.29, 1.82) is 5.26 Å². The van der Waals surface area contributed by atoms with Crippen molar-refractivity contribution >= 4 is 15.9 Å². The van der Waals surface area contributed by atoms with Crippen LogP contribution in [0.5, 0.6) is 5.75 Å². The van der Waals surface area contributed by atoms with Crippen molar-refractivity contribution in [1.82, 2.24) is 0 Å². The van der Waals surface area contributed by atoms with E-state index in [1.807, 2.05) is 6.07 Å². The Kier molecular flexibility index (Phi) is 3.83. The van der Waals surface area contributed by atoms with Crippen molar-refractivity contribution < 1.29 is 13.5 Å². The van der Waals surface area contributed by atoms with E-state index in [1.54, 1.807) is 0 Å². The molecule has 0 amide bonds. The molecule has 1 aromatic rings. The molecule has 1 rings (SSSR count). The zero-order valence-electron chi connectivity index (χ0n) is 8.43. The van der Waals surface area contributed by atoms with Crippen molar-refractivity contribution in [3.8, 4) is 11.8 Å². The third-order valence-electron chi connectivity index (χ3n) is 1.76. The molecule has 0 saturated heterocycles. The average Bonchev–Trinajstić information content (AvgIpc) is 2.22. The number of hydrogen-bond acceptors (Lipinski definition) is 3. The van der Waals surface area contributed by atoms with E-state index in [4.69, 9.17) is 15.7 Å². The van der Waals surface area contributed by atoms with Crippen molar-refractivity contribution in [2.24, 2.45) is 5.73 Å². The van der Waals surface area contributed by atoms with Gasteiger partial charge >= 0.3 is 0 Å². The highest BCUT2D eigenvalue weighted by Crippen LogP contribution is 2.27. The standard InChI is InChI=1S/C10H9BrF2N2O/c1-10(15,4-14)5-16-9-3-8(13)7(12)2-6(9)11/h2-3H,5,15H2,1H3. The molecule has 6 heteroatoms. The molecule has 0 heterocycles. The van der Waals surface area contributed by atoms with Gasteiger partial charge < -0.3 is 10.5 Å². The summed E-state index contributed by atoms with van der Waals surface area (Å²) in [6.07, 6.45) is 0. The fourth-order valence-corrected chi connectivity index (χ4v) is 1.30. The fraction of sp³-hybridized carbons (Fsp3) is 0.300. The minimum Gasteiger partial charge on any atom is -0.489 e. The van der Waals surface area contributed by atoms with Gasteiger partial charge in [-0.1, -0.05) is 0 Å². The zero-order chi connectivity index (χ0) is 12.3. The minimum atomic E-state index is -1.18.